The molecule has 0 radical (unpaired) electrons. The van der Waals surface area contributed by atoms with Crippen LogP contribution in [0.2, 0.25) is 0 Å². The number of amides is 1. The van der Waals surface area contributed by atoms with Gasteiger partial charge in [0.15, 0.2) is 12.6 Å². The van der Waals surface area contributed by atoms with Crippen LogP contribution in [0, 0.1) is 30.5 Å². The van der Waals surface area contributed by atoms with Crippen molar-refractivity contribution in [1.82, 2.24) is 14.8 Å². The summed E-state index contributed by atoms with van der Waals surface area (Å²) in [6.07, 6.45) is -9.89. The molecule has 1 aromatic rings. The number of ether oxygens (including phenoxy) is 7. The fourth-order valence-corrected chi connectivity index (χ4v) is 11.8. The molecule has 4 fully saturated rings. The fraction of sp³-hybridized carbons (Fsp3) is 0.846. The quantitative estimate of drug-likeness (QED) is 0.174. The molecule has 73 heavy (non-hydrogen) atoms. The monoisotopic (exact) mass is 1040 g/mol. The number of carbonyl (C=O) groups excluding carboxylic acids is 2. The van der Waals surface area contributed by atoms with E-state index in [0.717, 1.165) is 5.56 Å². The highest BCUT2D eigenvalue weighted by Crippen LogP contribution is 2.41. The number of esters is 1. The van der Waals surface area contributed by atoms with Crippen LogP contribution in [-0.4, -0.2) is 209 Å². The van der Waals surface area contributed by atoms with Gasteiger partial charge in [0.25, 0.3) is 0 Å². The van der Waals surface area contributed by atoms with Crippen LogP contribution in [-0.2, 0) is 38.0 Å². The van der Waals surface area contributed by atoms with Crippen LogP contribution in [0.4, 0.5) is 14.9 Å². The maximum Gasteiger partial charge on any atom is 0.414 e. The Labute approximate surface area is 431 Å². The molecule has 0 aromatic heterocycles. The van der Waals surface area contributed by atoms with Gasteiger partial charge in [-0.1, -0.05) is 32.1 Å². The minimum Gasteiger partial charge on any atom is -0.459 e. The smallest absolute Gasteiger partial charge is 0.414 e. The molecule has 5 N–H and O–H groups in total. The number of benzene rings is 1. The van der Waals surface area contributed by atoms with E-state index < -0.39 is 120 Å². The van der Waals surface area contributed by atoms with E-state index in [-0.39, 0.29) is 56.1 Å². The van der Waals surface area contributed by atoms with Gasteiger partial charge in [-0.25, -0.2) is 9.18 Å². The maximum atomic E-state index is 14.7. The number of aliphatic hydroxyl groups is 5. The van der Waals surface area contributed by atoms with Gasteiger partial charge in [0.05, 0.1) is 72.9 Å². The van der Waals surface area contributed by atoms with Crippen molar-refractivity contribution in [2.75, 3.05) is 58.8 Å². The molecular formula is C52H87FN6O14. The summed E-state index contributed by atoms with van der Waals surface area (Å²) in [5.41, 5.74) is -3.67. The van der Waals surface area contributed by atoms with E-state index in [1.54, 1.807) is 72.5 Å². The van der Waals surface area contributed by atoms with Gasteiger partial charge in [-0.2, -0.15) is 5.11 Å². The largest absolute Gasteiger partial charge is 0.459 e. The van der Waals surface area contributed by atoms with Gasteiger partial charge in [0.2, 0.25) is 0 Å². The molecule has 5 aliphatic rings. The van der Waals surface area contributed by atoms with Crippen molar-refractivity contribution in [2.24, 2.45) is 28.1 Å². The Morgan fingerprint density at radius 1 is 0.945 bits per heavy atom. The Balaban J connectivity index is 1.21. The number of likely N-dealkylation sites (N-methyl/N-ethyl adjacent to an activating group) is 2. The van der Waals surface area contributed by atoms with Crippen molar-refractivity contribution in [2.45, 2.75) is 211 Å². The third-order valence-corrected chi connectivity index (χ3v) is 16.4. The lowest BCUT2D eigenvalue weighted by molar-refractivity contribution is -0.318. The average molecular weight is 1040 g/mol. The highest BCUT2D eigenvalue weighted by atomic mass is 19.1. The molecule has 5 aliphatic heterocycles. The predicted octanol–water partition coefficient (Wildman–Crippen LogP) is 4.19. The Bertz CT molecular complexity index is 2040. The first-order valence-electron chi connectivity index (χ1n) is 26.3. The number of methoxy groups -OCH3 is 1. The number of aliphatic hydroxyl groups excluding tert-OH is 3. The summed E-state index contributed by atoms with van der Waals surface area (Å²) >= 11 is 0. The highest BCUT2D eigenvalue weighted by Gasteiger charge is 2.53. The molecule has 1 amide bonds. The minimum absolute atomic E-state index is 0.0867. The molecule has 0 aliphatic carbocycles. The van der Waals surface area contributed by atoms with Gasteiger partial charge in [0, 0.05) is 44.6 Å². The molecular weight excluding hydrogens is 952 g/mol. The van der Waals surface area contributed by atoms with Crippen LogP contribution in [0.5, 0.6) is 0 Å². The molecule has 20 nitrogen and oxygen atoms in total. The van der Waals surface area contributed by atoms with Crippen molar-refractivity contribution in [1.29, 1.82) is 0 Å². The third kappa shape index (κ3) is 13.5. The van der Waals surface area contributed by atoms with Gasteiger partial charge in [-0.05, 0) is 119 Å². The molecule has 1 aromatic carbocycles. The molecule has 5 heterocycles. The summed E-state index contributed by atoms with van der Waals surface area (Å²) < 4.78 is 58.6. The van der Waals surface area contributed by atoms with E-state index in [0.29, 0.717) is 32.5 Å². The number of anilines is 1. The standard InChI is InChI=1S/C52H87FN6O14/c1-15-40-52(11,66)44(61)33(7)57(13)24-29(3)22-50(9,65)46(31(5)43(32(6)47(63)71-40)72-41-23-51(10,67-14)45(62)34(8)69-41)73-48-42(60)39(21-30(4)68-48)56(12)19-18-35-25-58(55-54-35)26-36-27-59(49(64)70-36)38-17-16-28(2)20-37(38)53/h16-17,20,29-36,39-46,48,60-62,65-66H,15,18-19,21-27H2,1-14H3/t29-,30-,31+,32-,33-,34+,35?,36+,39+,40-,41+,42-,43+,44-,45+,46-,48+,50-,51-,52-/m1/s1. The molecule has 0 saturated carbocycles. The normalized spacial score (nSPS) is 42.7. The van der Waals surface area contributed by atoms with Crippen LogP contribution in [0.25, 0.3) is 0 Å². The first-order valence-corrected chi connectivity index (χ1v) is 26.3. The van der Waals surface area contributed by atoms with Crippen LogP contribution in [0.1, 0.15) is 107 Å². The minimum atomic E-state index is -1.85. The first kappa shape index (κ1) is 59.1. The second-order valence-corrected chi connectivity index (χ2v) is 22.8. The lowest BCUT2D eigenvalue weighted by Crippen LogP contribution is -2.61. The average Bonchev–Trinajstić information content (AvgIpc) is 3.93. The molecule has 416 valence electrons. The molecule has 6 rings (SSSR count). The van der Waals surface area contributed by atoms with Gasteiger partial charge in [-0.3, -0.25) is 14.7 Å². The number of carbonyl (C=O) groups is 2. The van der Waals surface area contributed by atoms with Crippen molar-refractivity contribution in [3.05, 3.63) is 29.6 Å². The highest BCUT2D eigenvalue weighted by molar-refractivity contribution is 5.90. The molecule has 1 unspecified atom stereocenters. The van der Waals surface area contributed by atoms with Crippen LogP contribution in [0.15, 0.2) is 28.5 Å². The number of nitrogens with zero attached hydrogens (tertiary/aromatic N) is 6. The van der Waals surface area contributed by atoms with E-state index in [9.17, 15) is 39.5 Å². The summed E-state index contributed by atoms with van der Waals surface area (Å²) in [4.78, 5) is 32.5. The SMILES string of the molecule is CC[C@H]1OC(=O)[C@H](C)[C@@H](O[C@H]2C[C@@](C)(OC)[C@@H](O)[C@H](C)O2)[C@H](C)[C@@H](O[C@@H]2O[C@H](C)C[C@H](N(C)CCC3CN(C[C@H]4CN(c5ccc(C)cc5F)C(=O)O4)N=N3)[C@H]2O)[C@](C)(O)C[C@@H](C)CN(C)[C@H](C)[C@@H](O)[C@]1(C)O. The van der Waals surface area contributed by atoms with E-state index in [1.807, 2.05) is 37.7 Å². The van der Waals surface area contributed by atoms with Gasteiger partial charge in [-0.15, -0.1) is 0 Å². The Morgan fingerprint density at radius 3 is 2.30 bits per heavy atom. The van der Waals surface area contributed by atoms with E-state index in [1.165, 1.54) is 25.0 Å². The molecule has 21 heteroatoms. The lowest BCUT2D eigenvalue weighted by atomic mass is 9.77. The van der Waals surface area contributed by atoms with Crippen molar-refractivity contribution in [3.8, 4) is 0 Å². The summed E-state index contributed by atoms with van der Waals surface area (Å²) in [5, 5.41) is 70.3. The number of hydrogen-bond donors (Lipinski definition) is 5. The summed E-state index contributed by atoms with van der Waals surface area (Å²) in [5.74, 6) is -3.35. The van der Waals surface area contributed by atoms with Crippen molar-refractivity contribution < 1.29 is 72.7 Å². The van der Waals surface area contributed by atoms with Gasteiger partial charge >= 0.3 is 12.1 Å². The summed E-state index contributed by atoms with van der Waals surface area (Å²) in [6.45, 7) is 21.1. The second kappa shape index (κ2) is 24.0. The zero-order valence-corrected chi connectivity index (χ0v) is 45.6. The third-order valence-electron chi connectivity index (χ3n) is 16.4. The van der Waals surface area contributed by atoms with Gasteiger partial charge < -0.3 is 68.5 Å². The van der Waals surface area contributed by atoms with Crippen molar-refractivity contribution >= 4 is 17.7 Å². The van der Waals surface area contributed by atoms with E-state index in [4.69, 9.17) is 33.2 Å². The van der Waals surface area contributed by atoms with Gasteiger partial charge in [0.1, 0.15) is 41.9 Å². The number of hydrogen-bond acceptors (Lipinski definition) is 19. The van der Waals surface area contributed by atoms with Crippen molar-refractivity contribution in [3.63, 3.8) is 0 Å². The molecule has 0 spiro atoms. The van der Waals surface area contributed by atoms with Crippen LogP contribution in [0.3, 0.4) is 0 Å². The van der Waals surface area contributed by atoms with Crippen LogP contribution < -0.4 is 4.90 Å². The zero-order valence-electron chi connectivity index (χ0n) is 45.6. The Hall–Kier alpha value is -3.19. The first-order chi connectivity index (χ1) is 34.1. The summed E-state index contributed by atoms with van der Waals surface area (Å²) in [7, 11) is 5.24. The number of cyclic esters (lactones) is 2. The Kier molecular flexibility index (Phi) is 19.4. The van der Waals surface area contributed by atoms with E-state index in [2.05, 4.69) is 10.3 Å². The molecule has 0 bridgehead atoms. The predicted molar refractivity (Wildman–Crippen MR) is 267 cm³/mol. The van der Waals surface area contributed by atoms with E-state index >= 15 is 0 Å². The van der Waals surface area contributed by atoms with Crippen LogP contribution >= 0.6 is 0 Å². The lowest BCUT2D eigenvalue weighted by Gasteiger charge is -2.49. The number of aryl methyl sites for hydroxylation is 1. The summed E-state index contributed by atoms with van der Waals surface area (Å²) in [6, 6.07) is 3.47. The molecule has 4 saturated heterocycles. The topological polar surface area (TPSA) is 238 Å². The number of halogens is 1. The maximum absolute atomic E-state index is 14.7. The Morgan fingerprint density at radius 2 is 1.64 bits per heavy atom. The zero-order chi connectivity index (χ0) is 54.1. The fourth-order valence-electron chi connectivity index (χ4n) is 11.8. The molecule has 20 atom stereocenters. The second-order valence-electron chi connectivity index (χ2n) is 22.8. The number of rotatable bonds is 13.